The van der Waals surface area contributed by atoms with E-state index < -0.39 is 17.5 Å². The fraction of sp³-hybridized carbons (Fsp3) is 0. The Labute approximate surface area is 93.7 Å². The Morgan fingerprint density at radius 3 is 2.38 bits per heavy atom. The molecule has 0 amide bonds. The van der Waals surface area contributed by atoms with Crippen molar-refractivity contribution in [1.29, 1.82) is 0 Å². The molecule has 0 spiro atoms. The third kappa shape index (κ3) is 1.86. The van der Waals surface area contributed by atoms with E-state index in [-0.39, 0.29) is 16.3 Å². The van der Waals surface area contributed by atoms with Gasteiger partial charge in [0.1, 0.15) is 12.1 Å². The van der Waals surface area contributed by atoms with Gasteiger partial charge >= 0.3 is 0 Å². The molecule has 0 atom stereocenters. The molecule has 0 fully saturated rings. The van der Waals surface area contributed by atoms with Crippen molar-refractivity contribution in [2.24, 2.45) is 0 Å². The van der Waals surface area contributed by atoms with Crippen LogP contribution in [0.3, 0.4) is 0 Å². The summed E-state index contributed by atoms with van der Waals surface area (Å²) in [5, 5.41) is 0.0624. The van der Waals surface area contributed by atoms with E-state index in [0.717, 1.165) is 6.33 Å². The van der Waals surface area contributed by atoms with Gasteiger partial charge in [0.2, 0.25) is 0 Å². The van der Waals surface area contributed by atoms with Crippen LogP contribution in [0.1, 0.15) is 0 Å². The maximum Gasteiger partial charge on any atom is 0.161 e. The van der Waals surface area contributed by atoms with E-state index in [4.69, 9.17) is 11.6 Å². The van der Waals surface area contributed by atoms with Gasteiger partial charge in [0.25, 0.3) is 0 Å². The highest BCUT2D eigenvalue weighted by atomic mass is 35.5. The maximum atomic E-state index is 13.4. The van der Waals surface area contributed by atoms with Crippen LogP contribution in [0.2, 0.25) is 5.02 Å². The quantitative estimate of drug-likeness (QED) is 0.720. The topological polar surface area (TPSA) is 25.8 Å². The molecule has 1 aromatic heterocycles. The molecule has 1 heterocycles. The summed E-state index contributed by atoms with van der Waals surface area (Å²) in [6.45, 7) is 0. The average molecular weight is 245 g/mol. The summed E-state index contributed by atoms with van der Waals surface area (Å²) in [6, 6.07) is 1.15. The second-order valence-electron chi connectivity index (χ2n) is 2.97. The Kier molecular flexibility index (Phi) is 2.78. The molecule has 0 aliphatic carbocycles. The van der Waals surface area contributed by atoms with Crippen LogP contribution in [0.15, 0.2) is 24.7 Å². The molecule has 16 heavy (non-hydrogen) atoms. The smallest absolute Gasteiger partial charge is 0.161 e. The Hall–Kier alpha value is -1.62. The molecule has 0 aliphatic heterocycles. The predicted molar refractivity (Wildman–Crippen MR) is 52.4 cm³/mol. The Morgan fingerprint density at radius 1 is 1.00 bits per heavy atom. The summed E-state index contributed by atoms with van der Waals surface area (Å²) in [5.74, 6) is -3.35. The lowest BCUT2D eigenvalue weighted by atomic mass is 10.1. The van der Waals surface area contributed by atoms with E-state index in [0.29, 0.717) is 12.1 Å². The number of benzene rings is 1. The second-order valence-corrected chi connectivity index (χ2v) is 3.37. The second kappa shape index (κ2) is 4.09. The molecular weight excluding hydrogens is 241 g/mol. The molecule has 82 valence electrons. The van der Waals surface area contributed by atoms with Crippen molar-refractivity contribution >= 4 is 11.6 Å². The van der Waals surface area contributed by atoms with E-state index in [9.17, 15) is 13.2 Å². The fourth-order valence-electron chi connectivity index (χ4n) is 1.21. The fourth-order valence-corrected chi connectivity index (χ4v) is 1.42. The predicted octanol–water partition coefficient (Wildman–Crippen LogP) is 3.21. The third-order valence-corrected chi connectivity index (χ3v) is 2.21. The van der Waals surface area contributed by atoms with Gasteiger partial charge in [-0.2, -0.15) is 0 Å². The molecule has 0 unspecified atom stereocenters. The molecular formula is C10H4ClF3N2. The van der Waals surface area contributed by atoms with E-state index in [1.165, 1.54) is 6.20 Å². The molecule has 6 heteroatoms. The summed E-state index contributed by atoms with van der Waals surface area (Å²) < 4.78 is 39.0. The molecule has 0 bridgehead atoms. The standard InChI is InChI=1S/C10H4ClF3N2/c11-6-3-15-4-16-10(6)5-1-8(13)9(14)2-7(5)12/h1-4H. The minimum Gasteiger partial charge on any atom is -0.243 e. The van der Waals surface area contributed by atoms with Crippen LogP contribution < -0.4 is 0 Å². The zero-order chi connectivity index (χ0) is 11.7. The van der Waals surface area contributed by atoms with E-state index >= 15 is 0 Å². The summed E-state index contributed by atoms with van der Waals surface area (Å²) in [6.07, 6.45) is 2.38. The Balaban J connectivity index is 2.65. The number of rotatable bonds is 1. The van der Waals surface area contributed by atoms with Crippen molar-refractivity contribution < 1.29 is 13.2 Å². The van der Waals surface area contributed by atoms with Crippen LogP contribution in [-0.4, -0.2) is 9.97 Å². The summed E-state index contributed by atoms with van der Waals surface area (Å²) >= 11 is 5.72. The number of hydrogen-bond acceptors (Lipinski definition) is 2. The first-order chi connectivity index (χ1) is 7.59. The van der Waals surface area contributed by atoms with Crippen LogP contribution in [0.25, 0.3) is 11.3 Å². The number of aromatic nitrogens is 2. The van der Waals surface area contributed by atoms with E-state index in [1.807, 2.05) is 0 Å². The SMILES string of the molecule is Fc1cc(F)c(-c2ncncc2Cl)cc1F. The van der Waals surface area contributed by atoms with Crippen LogP contribution in [0.5, 0.6) is 0 Å². The Bertz CT molecular complexity index is 546. The van der Waals surface area contributed by atoms with Crippen molar-refractivity contribution in [3.8, 4) is 11.3 Å². The molecule has 1 aromatic carbocycles. The summed E-state index contributed by atoms with van der Waals surface area (Å²) in [7, 11) is 0. The minimum atomic E-state index is -1.26. The monoisotopic (exact) mass is 244 g/mol. The first kappa shape index (κ1) is 10.9. The van der Waals surface area contributed by atoms with E-state index in [2.05, 4.69) is 9.97 Å². The van der Waals surface area contributed by atoms with Gasteiger partial charge in [0, 0.05) is 17.8 Å². The van der Waals surface area contributed by atoms with Gasteiger partial charge < -0.3 is 0 Å². The van der Waals surface area contributed by atoms with Crippen molar-refractivity contribution in [2.75, 3.05) is 0 Å². The van der Waals surface area contributed by atoms with Crippen LogP contribution in [0.4, 0.5) is 13.2 Å². The number of nitrogens with zero attached hydrogens (tertiary/aromatic N) is 2. The molecule has 0 aliphatic rings. The van der Waals surface area contributed by atoms with Crippen LogP contribution in [0, 0.1) is 17.5 Å². The van der Waals surface area contributed by atoms with Gasteiger partial charge in [0.15, 0.2) is 11.6 Å². The van der Waals surface area contributed by atoms with Crippen LogP contribution >= 0.6 is 11.6 Å². The molecule has 2 nitrogen and oxygen atoms in total. The number of hydrogen-bond donors (Lipinski definition) is 0. The first-order valence-corrected chi connectivity index (χ1v) is 4.58. The number of halogens is 4. The lowest BCUT2D eigenvalue weighted by Crippen LogP contribution is -1.94. The molecule has 0 saturated heterocycles. The summed E-state index contributed by atoms with van der Waals surface area (Å²) in [4.78, 5) is 7.31. The first-order valence-electron chi connectivity index (χ1n) is 4.20. The molecule has 2 rings (SSSR count). The van der Waals surface area contributed by atoms with E-state index in [1.54, 1.807) is 0 Å². The van der Waals surface area contributed by atoms with Gasteiger partial charge in [-0.3, -0.25) is 0 Å². The lowest BCUT2D eigenvalue weighted by Gasteiger charge is -2.04. The highest BCUT2D eigenvalue weighted by molar-refractivity contribution is 6.32. The van der Waals surface area contributed by atoms with Gasteiger partial charge in [-0.1, -0.05) is 11.6 Å². The zero-order valence-electron chi connectivity index (χ0n) is 7.72. The zero-order valence-corrected chi connectivity index (χ0v) is 8.47. The van der Waals surface area contributed by atoms with Gasteiger partial charge in [-0.15, -0.1) is 0 Å². The van der Waals surface area contributed by atoms with Crippen LogP contribution in [-0.2, 0) is 0 Å². The van der Waals surface area contributed by atoms with Gasteiger partial charge in [0.05, 0.1) is 10.7 Å². The largest absolute Gasteiger partial charge is 0.243 e. The average Bonchev–Trinajstić information content (AvgIpc) is 2.25. The normalized spacial score (nSPS) is 10.5. The lowest BCUT2D eigenvalue weighted by molar-refractivity contribution is 0.496. The van der Waals surface area contributed by atoms with Crippen molar-refractivity contribution in [3.05, 3.63) is 47.1 Å². The van der Waals surface area contributed by atoms with Crippen molar-refractivity contribution in [2.45, 2.75) is 0 Å². The maximum absolute atomic E-state index is 13.4. The molecule has 0 N–H and O–H groups in total. The molecule has 0 saturated carbocycles. The Morgan fingerprint density at radius 2 is 1.69 bits per heavy atom. The highest BCUT2D eigenvalue weighted by Crippen LogP contribution is 2.28. The summed E-state index contributed by atoms with van der Waals surface area (Å²) in [5.41, 5.74) is -0.181. The molecule has 0 radical (unpaired) electrons. The minimum absolute atomic E-state index is 0.0214. The van der Waals surface area contributed by atoms with Gasteiger partial charge in [-0.05, 0) is 6.07 Å². The molecule has 2 aromatic rings. The van der Waals surface area contributed by atoms with Crippen molar-refractivity contribution in [1.82, 2.24) is 9.97 Å². The third-order valence-electron chi connectivity index (χ3n) is 1.93. The van der Waals surface area contributed by atoms with Gasteiger partial charge in [-0.25, -0.2) is 23.1 Å². The highest BCUT2D eigenvalue weighted by Gasteiger charge is 2.14. The van der Waals surface area contributed by atoms with Crippen molar-refractivity contribution in [3.63, 3.8) is 0 Å².